The van der Waals surface area contributed by atoms with Crippen molar-refractivity contribution >= 4 is 6.03 Å². The van der Waals surface area contributed by atoms with Crippen molar-refractivity contribution in [1.29, 1.82) is 0 Å². The van der Waals surface area contributed by atoms with Crippen LogP contribution in [0.3, 0.4) is 0 Å². The first kappa shape index (κ1) is 17.7. The molecular weight excluding hydrogens is 361 g/mol. The Labute approximate surface area is 153 Å². The van der Waals surface area contributed by atoms with Crippen LogP contribution in [0.5, 0.6) is 5.75 Å². The summed E-state index contributed by atoms with van der Waals surface area (Å²) in [5, 5.41) is 3.00. The third-order valence-electron chi connectivity index (χ3n) is 5.06. The summed E-state index contributed by atoms with van der Waals surface area (Å²) in [4.78, 5) is 18.4. The van der Waals surface area contributed by atoms with E-state index in [2.05, 4.69) is 15.0 Å². The molecule has 0 radical (unpaired) electrons. The number of nitrogens with one attached hydrogen (secondary N) is 1. The number of hydrogen-bond acceptors (Lipinski definition) is 3. The van der Waals surface area contributed by atoms with Gasteiger partial charge < -0.3 is 19.5 Å². The van der Waals surface area contributed by atoms with Gasteiger partial charge in [0, 0.05) is 31.5 Å². The molecule has 27 heavy (non-hydrogen) atoms. The second-order valence-electron chi connectivity index (χ2n) is 6.89. The number of hydrogen-bond donors (Lipinski definition) is 1. The summed E-state index contributed by atoms with van der Waals surface area (Å²) < 4.78 is 43.0. The number of carbonyl (C=O) groups is 1. The number of carbonyl (C=O) groups excluding carboxylic acids is 1. The van der Waals surface area contributed by atoms with Crippen LogP contribution in [-0.2, 0) is 13.1 Å². The smallest absolute Gasteiger partial charge is 0.406 e. The number of rotatable bonds is 3. The molecule has 0 spiro atoms. The van der Waals surface area contributed by atoms with Crippen LogP contribution in [0.4, 0.5) is 18.0 Å². The van der Waals surface area contributed by atoms with Crippen molar-refractivity contribution in [3.63, 3.8) is 0 Å². The molecule has 1 aliphatic heterocycles. The van der Waals surface area contributed by atoms with Gasteiger partial charge in [-0.3, -0.25) is 0 Å². The Morgan fingerprint density at radius 1 is 1.26 bits per heavy atom. The molecular formula is C18H19F3N4O2. The van der Waals surface area contributed by atoms with E-state index in [1.807, 2.05) is 10.8 Å². The summed E-state index contributed by atoms with van der Waals surface area (Å²) in [6.07, 6.45) is 0.326. The number of ether oxygens (including phenoxy) is 1. The molecule has 1 fully saturated rings. The number of imidazole rings is 1. The van der Waals surface area contributed by atoms with Gasteiger partial charge in [-0.15, -0.1) is 13.2 Å². The number of nitrogens with zero attached hydrogens (tertiary/aromatic N) is 3. The van der Waals surface area contributed by atoms with Crippen molar-refractivity contribution in [2.45, 2.75) is 44.3 Å². The SMILES string of the molecule is O=C(NC1CC(c2cccc(OC(F)(F)F)c2)C1)N1CCn2ccnc2C1. The lowest BCUT2D eigenvalue weighted by molar-refractivity contribution is -0.274. The maximum absolute atomic E-state index is 12.4. The predicted octanol–water partition coefficient (Wildman–Crippen LogP) is 3.25. The van der Waals surface area contributed by atoms with Crippen LogP contribution in [0, 0.1) is 0 Å². The summed E-state index contributed by atoms with van der Waals surface area (Å²) in [7, 11) is 0. The molecule has 144 valence electrons. The Bertz CT molecular complexity index is 830. The van der Waals surface area contributed by atoms with Gasteiger partial charge in [-0.05, 0) is 36.5 Å². The molecule has 1 N–H and O–H groups in total. The zero-order valence-electron chi connectivity index (χ0n) is 14.4. The average molecular weight is 380 g/mol. The minimum Gasteiger partial charge on any atom is -0.406 e. The third kappa shape index (κ3) is 4.01. The Kier molecular flexibility index (Phi) is 4.45. The fourth-order valence-corrected chi connectivity index (χ4v) is 3.59. The van der Waals surface area contributed by atoms with Gasteiger partial charge in [-0.25, -0.2) is 9.78 Å². The summed E-state index contributed by atoms with van der Waals surface area (Å²) >= 11 is 0. The molecule has 2 aliphatic rings. The minimum absolute atomic E-state index is 0.0244. The first-order valence-electron chi connectivity index (χ1n) is 8.78. The van der Waals surface area contributed by atoms with Crippen LogP contribution >= 0.6 is 0 Å². The highest BCUT2D eigenvalue weighted by Gasteiger charge is 2.34. The number of aromatic nitrogens is 2. The number of amides is 2. The lowest BCUT2D eigenvalue weighted by Crippen LogP contribution is -2.51. The van der Waals surface area contributed by atoms with Crippen LogP contribution in [0.25, 0.3) is 0 Å². The lowest BCUT2D eigenvalue weighted by Gasteiger charge is -2.38. The van der Waals surface area contributed by atoms with Gasteiger partial charge in [0.25, 0.3) is 0 Å². The van der Waals surface area contributed by atoms with Crippen molar-refractivity contribution in [2.24, 2.45) is 0 Å². The Morgan fingerprint density at radius 3 is 2.85 bits per heavy atom. The molecule has 2 amide bonds. The summed E-state index contributed by atoms with van der Waals surface area (Å²) in [5.74, 6) is 0.771. The van der Waals surface area contributed by atoms with E-state index < -0.39 is 6.36 Å². The number of alkyl halides is 3. The molecule has 0 bridgehead atoms. The second-order valence-corrected chi connectivity index (χ2v) is 6.89. The first-order chi connectivity index (χ1) is 12.9. The van der Waals surface area contributed by atoms with E-state index in [1.165, 1.54) is 12.1 Å². The predicted molar refractivity (Wildman–Crippen MR) is 90.1 cm³/mol. The molecule has 0 saturated heterocycles. The van der Waals surface area contributed by atoms with Crippen molar-refractivity contribution in [3.05, 3.63) is 48.0 Å². The average Bonchev–Trinajstić information content (AvgIpc) is 3.03. The summed E-state index contributed by atoms with van der Waals surface area (Å²) in [5.41, 5.74) is 0.794. The van der Waals surface area contributed by atoms with Crippen LogP contribution in [0.2, 0.25) is 0 Å². The normalized spacial score (nSPS) is 22.0. The van der Waals surface area contributed by atoms with Gasteiger partial charge >= 0.3 is 12.4 Å². The van der Waals surface area contributed by atoms with E-state index in [9.17, 15) is 18.0 Å². The summed E-state index contributed by atoms with van der Waals surface area (Å²) in [6, 6.07) is 5.95. The van der Waals surface area contributed by atoms with E-state index in [0.29, 0.717) is 25.9 Å². The van der Waals surface area contributed by atoms with Gasteiger partial charge in [0.1, 0.15) is 11.6 Å². The van der Waals surface area contributed by atoms with Crippen molar-refractivity contribution in [1.82, 2.24) is 19.8 Å². The molecule has 4 rings (SSSR count). The molecule has 9 heteroatoms. The van der Waals surface area contributed by atoms with Crippen LogP contribution in [0.1, 0.15) is 30.1 Å². The van der Waals surface area contributed by atoms with Gasteiger partial charge in [0.05, 0.1) is 6.54 Å². The Hall–Kier alpha value is -2.71. The van der Waals surface area contributed by atoms with Gasteiger partial charge in [-0.2, -0.15) is 0 Å². The fourth-order valence-electron chi connectivity index (χ4n) is 3.59. The molecule has 1 saturated carbocycles. The monoisotopic (exact) mass is 380 g/mol. The van der Waals surface area contributed by atoms with E-state index in [-0.39, 0.29) is 23.7 Å². The summed E-state index contributed by atoms with van der Waals surface area (Å²) in [6.45, 7) is 1.83. The molecule has 2 aromatic rings. The van der Waals surface area contributed by atoms with Crippen LogP contribution in [0.15, 0.2) is 36.7 Å². The van der Waals surface area contributed by atoms with Crippen LogP contribution < -0.4 is 10.1 Å². The second kappa shape index (κ2) is 6.79. The lowest BCUT2D eigenvalue weighted by atomic mass is 9.76. The molecule has 2 heterocycles. The quantitative estimate of drug-likeness (QED) is 0.889. The van der Waals surface area contributed by atoms with E-state index in [0.717, 1.165) is 17.9 Å². The molecule has 0 unspecified atom stereocenters. The highest BCUT2D eigenvalue weighted by molar-refractivity contribution is 5.74. The third-order valence-corrected chi connectivity index (χ3v) is 5.06. The maximum Gasteiger partial charge on any atom is 0.573 e. The van der Waals surface area contributed by atoms with Crippen molar-refractivity contribution < 1.29 is 22.7 Å². The molecule has 1 aliphatic carbocycles. The molecule has 0 atom stereocenters. The topological polar surface area (TPSA) is 59.4 Å². The van der Waals surface area contributed by atoms with E-state index >= 15 is 0 Å². The number of fused-ring (bicyclic) bond motifs is 1. The molecule has 6 nitrogen and oxygen atoms in total. The Morgan fingerprint density at radius 2 is 2.07 bits per heavy atom. The molecule has 1 aromatic carbocycles. The number of halogens is 3. The van der Waals surface area contributed by atoms with Gasteiger partial charge in [0.2, 0.25) is 0 Å². The van der Waals surface area contributed by atoms with Crippen LogP contribution in [-0.4, -0.2) is 39.4 Å². The Balaban J connectivity index is 1.29. The van der Waals surface area contributed by atoms with E-state index in [4.69, 9.17) is 0 Å². The largest absolute Gasteiger partial charge is 0.573 e. The zero-order valence-corrected chi connectivity index (χ0v) is 14.4. The highest BCUT2D eigenvalue weighted by Crippen LogP contribution is 2.38. The highest BCUT2D eigenvalue weighted by atomic mass is 19.4. The van der Waals surface area contributed by atoms with Gasteiger partial charge in [0.15, 0.2) is 0 Å². The molecule has 1 aromatic heterocycles. The number of urea groups is 1. The van der Waals surface area contributed by atoms with Crippen molar-refractivity contribution in [2.75, 3.05) is 6.54 Å². The standard InChI is InChI=1S/C18H19F3N4O2/c19-18(20,21)27-15-3-1-2-12(10-15)13-8-14(9-13)23-17(26)25-7-6-24-5-4-22-16(24)11-25/h1-5,10,13-14H,6-9,11H2,(H,23,26). The maximum atomic E-state index is 12.4. The van der Waals surface area contributed by atoms with Gasteiger partial charge in [-0.1, -0.05) is 12.1 Å². The van der Waals surface area contributed by atoms with Crippen molar-refractivity contribution in [3.8, 4) is 5.75 Å². The first-order valence-corrected chi connectivity index (χ1v) is 8.78. The fraction of sp³-hybridized carbons (Fsp3) is 0.444. The zero-order chi connectivity index (χ0) is 19.0. The number of benzene rings is 1. The minimum atomic E-state index is -4.70. The van der Waals surface area contributed by atoms with E-state index in [1.54, 1.807) is 23.2 Å².